The Balaban J connectivity index is 3.14. The molecule has 0 aliphatic rings. The smallest absolute Gasteiger partial charge is 0.219 e. The highest BCUT2D eigenvalue weighted by Gasteiger charge is 2.12. The van der Waals surface area contributed by atoms with E-state index in [1.54, 1.807) is 30.3 Å². The minimum atomic E-state index is -3.11. The second kappa shape index (κ2) is 2.96. The first-order chi connectivity index (χ1) is 5.17. The van der Waals surface area contributed by atoms with Crippen molar-refractivity contribution in [1.82, 2.24) is 0 Å². The molecule has 0 aliphatic heterocycles. The first-order valence-corrected chi connectivity index (χ1v) is 4.89. The Morgan fingerprint density at radius 2 is 1.73 bits per heavy atom. The lowest BCUT2D eigenvalue weighted by Gasteiger charge is -1.95. The van der Waals surface area contributed by atoms with Crippen molar-refractivity contribution < 1.29 is 8.42 Å². The fourth-order valence-corrected chi connectivity index (χ4v) is 1.55. The van der Waals surface area contributed by atoms with Gasteiger partial charge in [0.15, 0.2) is 5.75 Å². The molecule has 58 valence electrons. The molecule has 0 fully saturated rings. The fourth-order valence-electron chi connectivity index (χ4n) is 0.746. The van der Waals surface area contributed by atoms with Crippen molar-refractivity contribution in [3.05, 3.63) is 37.3 Å². The third-order valence-electron chi connectivity index (χ3n) is 1.37. The monoisotopic (exact) mass is 169 g/mol. The lowest BCUT2D eigenvalue weighted by atomic mass is 10.4. The van der Waals surface area contributed by atoms with E-state index >= 15 is 0 Å². The van der Waals surface area contributed by atoms with Crippen LogP contribution >= 0.6 is 0 Å². The molecular formula is C8H9O2S+. The van der Waals surface area contributed by atoms with Crippen LogP contribution < -0.4 is 0 Å². The van der Waals surface area contributed by atoms with Crippen molar-refractivity contribution in [2.24, 2.45) is 0 Å². The molecule has 0 atom stereocenters. The van der Waals surface area contributed by atoms with Gasteiger partial charge in [-0.2, -0.15) is 0 Å². The molecule has 1 aromatic rings. The zero-order valence-corrected chi connectivity index (χ0v) is 6.84. The molecule has 3 heteroatoms. The Hall–Kier alpha value is -0.960. The molecule has 0 N–H and O–H groups in total. The molecule has 0 heterocycles. The molecule has 1 aromatic carbocycles. The number of benzene rings is 1. The molecule has 0 aromatic heterocycles. The third kappa shape index (κ3) is 1.74. The molecule has 0 aliphatic carbocycles. The molecule has 0 radical (unpaired) electrons. The molecule has 0 unspecified atom stereocenters. The second-order valence-corrected chi connectivity index (χ2v) is 4.24. The van der Waals surface area contributed by atoms with Crippen molar-refractivity contribution >= 4 is 9.84 Å². The van der Waals surface area contributed by atoms with E-state index in [9.17, 15) is 8.42 Å². The number of rotatable bonds is 2. The summed E-state index contributed by atoms with van der Waals surface area (Å²) in [6.45, 7) is 3.35. The van der Waals surface area contributed by atoms with Crippen molar-refractivity contribution in [2.45, 2.75) is 4.90 Å². The molecule has 0 amide bonds. The summed E-state index contributed by atoms with van der Waals surface area (Å²) in [4.78, 5) is 0.343. The summed E-state index contributed by atoms with van der Waals surface area (Å²) in [5.74, 6) is -0.0863. The van der Waals surface area contributed by atoms with Gasteiger partial charge >= 0.3 is 0 Å². The van der Waals surface area contributed by atoms with Gasteiger partial charge in [0, 0.05) is 0 Å². The zero-order valence-electron chi connectivity index (χ0n) is 6.03. The first kappa shape index (κ1) is 8.14. The largest absolute Gasteiger partial charge is 0.219 e. The maximum atomic E-state index is 11.1. The average molecular weight is 169 g/mol. The van der Waals surface area contributed by atoms with Gasteiger partial charge in [0.05, 0.1) is 11.8 Å². The van der Waals surface area contributed by atoms with E-state index in [0.717, 1.165) is 0 Å². The highest BCUT2D eigenvalue weighted by Crippen LogP contribution is 2.08. The van der Waals surface area contributed by atoms with E-state index in [2.05, 4.69) is 6.92 Å². The Labute approximate surface area is 66.8 Å². The van der Waals surface area contributed by atoms with Crippen molar-refractivity contribution in [3.8, 4) is 0 Å². The molecule has 11 heavy (non-hydrogen) atoms. The van der Waals surface area contributed by atoms with Crippen LogP contribution in [0.3, 0.4) is 0 Å². The fraction of sp³-hybridized carbons (Fsp3) is 0.125. The van der Waals surface area contributed by atoms with Crippen LogP contribution in [0.15, 0.2) is 35.2 Å². The normalized spacial score (nSPS) is 11.3. The Kier molecular flexibility index (Phi) is 2.19. The van der Waals surface area contributed by atoms with Gasteiger partial charge in [-0.05, 0) is 12.1 Å². The van der Waals surface area contributed by atoms with E-state index in [4.69, 9.17) is 0 Å². The summed E-state index contributed by atoms with van der Waals surface area (Å²) in [5.41, 5.74) is 0. The summed E-state index contributed by atoms with van der Waals surface area (Å²) >= 11 is 0. The molecule has 0 spiro atoms. The van der Waals surface area contributed by atoms with Crippen LogP contribution in [0.1, 0.15) is 0 Å². The van der Waals surface area contributed by atoms with Crippen molar-refractivity contribution in [1.29, 1.82) is 0 Å². The highest BCUT2D eigenvalue weighted by atomic mass is 32.2. The van der Waals surface area contributed by atoms with Crippen LogP contribution in [0.25, 0.3) is 0 Å². The van der Waals surface area contributed by atoms with E-state index in [1.165, 1.54) is 0 Å². The maximum absolute atomic E-state index is 11.1. The third-order valence-corrected chi connectivity index (χ3v) is 2.90. The van der Waals surface area contributed by atoms with Gasteiger partial charge in [-0.15, -0.1) is 0 Å². The minimum absolute atomic E-state index is 0.0863. The summed E-state index contributed by atoms with van der Waals surface area (Å²) in [7, 11) is -3.11. The molecule has 0 bridgehead atoms. The molecule has 1 rings (SSSR count). The van der Waals surface area contributed by atoms with Crippen molar-refractivity contribution in [2.75, 3.05) is 5.75 Å². The lowest BCUT2D eigenvalue weighted by molar-refractivity contribution is 0.599. The van der Waals surface area contributed by atoms with E-state index < -0.39 is 9.84 Å². The maximum Gasteiger partial charge on any atom is 0.219 e. The van der Waals surface area contributed by atoms with Crippen LogP contribution in [0, 0.1) is 6.92 Å². The van der Waals surface area contributed by atoms with Gasteiger partial charge in [-0.3, -0.25) is 0 Å². The number of sulfone groups is 1. The highest BCUT2D eigenvalue weighted by molar-refractivity contribution is 7.91. The topological polar surface area (TPSA) is 34.1 Å². The zero-order chi connectivity index (χ0) is 8.32. The summed E-state index contributed by atoms with van der Waals surface area (Å²) in [6, 6.07) is 8.31. The quantitative estimate of drug-likeness (QED) is 0.625. The average Bonchev–Trinajstić information content (AvgIpc) is 2.06. The Morgan fingerprint density at radius 3 is 2.18 bits per heavy atom. The number of hydrogen-bond acceptors (Lipinski definition) is 2. The van der Waals surface area contributed by atoms with E-state index in [1.807, 2.05) is 0 Å². The lowest BCUT2D eigenvalue weighted by Crippen LogP contribution is -2.02. The second-order valence-electron chi connectivity index (χ2n) is 2.13. The standard InChI is InChI=1S/C8H9O2S/c1-2-11(9,10)8-6-4-3-5-7-8/h3-7H,1-2H2/q+1. The van der Waals surface area contributed by atoms with E-state index in [-0.39, 0.29) is 5.75 Å². The van der Waals surface area contributed by atoms with Gasteiger partial charge in [0.2, 0.25) is 9.84 Å². The van der Waals surface area contributed by atoms with Gasteiger partial charge in [-0.25, -0.2) is 8.42 Å². The predicted molar refractivity (Wildman–Crippen MR) is 43.9 cm³/mol. The van der Waals surface area contributed by atoms with Crippen LogP contribution in [0.4, 0.5) is 0 Å². The van der Waals surface area contributed by atoms with Crippen LogP contribution in [-0.4, -0.2) is 14.2 Å². The molecule has 0 saturated carbocycles. The van der Waals surface area contributed by atoms with Gasteiger partial charge in [-0.1, -0.05) is 18.2 Å². The predicted octanol–water partition coefficient (Wildman–Crippen LogP) is 1.29. The molecule has 2 nitrogen and oxygen atoms in total. The minimum Gasteiger partial charge on any atom is -0.219 e. The van der Waals surface area contributed by atoms with Crippen molar-refractivity contribution in [3.63, 3.8) is 0 Å². The number of hydrogen-bond donors (Lipinski definition) is 0. The molecule has 0 saturated heterocycles. The van der Waals surface area contributed by atoms with Crippen LogP contribution in [0.2, 0.25) is 0 Å². The summed E-state index contributed by atoms with van der Waals surface area (Å²) in [5, 5.41) is 0. The SMILES string of the molecule is [CH2+]CS(=O)(=O)c1ccccc1. The van der Waals surface area contributed by atoms with E-state index in [0.29, 0.717) is 4.90 Å². The van der Waals surface area contributed by atoms with Crippen LogP contribution in [0.5, 0.6) is 0 Å². The Morgan fingerprint density at radius 1 is 1.18 bits per heavy atom. The van der Waals surface area contributed by atoms with Gasteiger partial charge in [0.1, 0.15) is 0 Å². The first-order valence-electron chi connectivity index (χ1n) is 3.24. The Bertz CT molecular complexity index is 313. The van der Waals surface area contributed by atoms with Gasteiger partial charge in [0.25, 0.3) is 0 Å². The molecular weight excluding hydrogens is 160 g/mol. The van der Waals surface area contributed by atoms with Gasteiger partial charge < -0.3 is 0 Å². The summed E-state index contributed by atoms with van der Waals surface area (Å²) in [6.07, 6.45) is 0. The summed E-state index contributed by atoms with van der Waals surface area (Å²) < 4.78 is 22.3. The van der Waals surface area contributed by atoms with Crippen LogP contribution in [-0.2, 0) is 9.84 Å².